The highest BCUT2D eigenvalue weighted by Crippen LogP contribution is 2.70. The van der Waals surface area contributed by atoms with E-state index in [4.69, 9.17) is 4.74 Å². The zero-order valence-electron chi connectivity index (χ0n) is 13.2. The van der Waals surface area contributed by atoms with Crippen LogP contribution < -0.4 is 0 Å². The van der Waals surface area contributed by atoms with E-state index in [1.165, 1.54) is 44.9 Å². The molecule has 2 heteroatoms. The molecule has 4 atom stereocenters. The van der Waals surface area contributed by atoms with Gasteiger partial charge in [0.05, 0.1) is 12.7 Å². The fourth-order valence-corrected chi connectivity index (χ4v) is 7.38. The van der Waals surface area contributed by atoms with E-state index in [0.717, 1.165) is 25.6 Å². The fourth-order valence-electron chi connectivity index (χ4n) is 7.38. The number of rotatable bonds is 2. The molecule has 1 aliphatic heterocycles. The lowest BCUT2D eigenvalue weighted by molar-refractivity contribution is -0.203. The summed E-state index contributed by atoms with van der Waals surface area (Å²) in [5, 5.41) is 11.2. The van der Waals surface area contributed by atoms with Crippen molar-refractivity contribution in [3.63, 3.8) is 0 Å². The Labute approximate surface area is 123 Å². The smallest absolute Gasteiger partial charge is 0.0647 e. The predicted molar refractivity (Wildman–Crippen MR) is 79.4 cm³/mol. The van der Waals surface area contributed by atoms with Gasteiger partial charge in [0.2, 0.25) is 0 Å². The predicted octanol–water partition coefficient (Wildman–Crippen LogP) is 3.77. The molecule has 0 spiro atoms. The summed E-state index contributed by atoms with van der Waals surface area (Å²) in [6, 6.07) is 0. The van der Waals surface area contributed by atoms with Crippen molar-refractivity contribution in [3.05, 3.63) is 0 Å². The van der Waals surface area contributed by atoms with Gasteiger partial charge in [-0.2, -0.15) is 0 Å². The molecule has 0 aromatic carbocycles. The molecule has 4 unspecified atom stereocenters. The minimum absolute atomic E-state index is 0.121. The van der Waals surface area contributed by atoms with Crippen LogP contribution in [-0.4, -0.2) is 24.4 Å². The second kappa shape index (κ2) is 4.23. The van der Waals surface area contributed by atoms with Gasteiger partial charge in [-0.1, -0.05) is 13.8 Å². The van der Waals surface area contributed by atoms with E-state index in [-0.39, 0.29) is 11.5 Å². The number of hydrogen-bond acceptors (Lipinski definition) is 2. The summed E-state index contributed by atoms with van der Waals surface area (Å²) in [7, 11) is 0. The normalized spacial score (nSPS) is 56.0. The monoisotopic (exact) mass is 278 g/mol. The highest BCUT2D eigenvalue weighted by Gasteiger charge is 2.62. The molecule has 0 aromatic rings. The molecule has 20 heavy (non-hydrogen) atoms. The van der Waals surface area contributed by atoms with Crippen molar-refractivity contribution in [3.8, 4) is 0 Å². The maximum atomic E-state index is 11.2. The number of aliphatic hydroxyl groups is 1. The summed E-state index contributed by atoms with van der Waals surface area (Å²) < 4.78 is 5.66. The molecular weight excluding hydrogens is 248 g/mol. The molecule has 0 amide bonds. The molecule has 0 radical (unpaired) electrons. The lowest BCUT2D eigenvalue weighted by atomic mass is 9.39. The third-order valence-electron chi connectivity index (χ3n) is 6.94. The van der Waals surface area contributed by atoms with Crippen LogP contribution in [-0.2, 0) is 4.74 Å². The van der Waals surface area contributed by atoms with Crippen LogP contribution in [0, 0.1) is 28.1 Å². The van der Waals surface area contributed by atoms with Crippen molar-refractivity contribution in [2.24, 2.45) is 28.1 Å². The molecule has 0 aromatic heterocycles. The van der Waals surface area contributed by atoms with Crippen LogP contribution in [0.15, 0.2) is 0 Å². The van der Waals surface area contributed by atoms with E-state index in [1.54, 1.807) is 0 Å². The summed E-state index contributed by atoms with van der Waals surface area (Å²) >= 11 is 0. The zero-order valence-corrected chi connectivity index (χ0v) is 13.2. The van der Waals surface area contributed by atoms with Crippen molar-refractivity contribution in [1.29, 1.82) is 0 Å². The molecule has 1 N–H and O–H groups in total. The molecule has 1 heterocycles. The first-order valence-electron chi connectivity index (χ1n) is 8.68. The minimum Gasteiger partial charge on any atom is -0.392 e. The SMILES string of the molecule is CC12CC3CC(C)(C1)CC(C(O)C1CCCOC1)(C3)C2. The van der Waals surface area contributed by atoms with Crippen LogP contribution >= 0.6 is 0 Å². The summed E-state index contributed by atoms with van der Waals surface area (Å²) in [5.74, 6) is 1.27. The quantitative estimate of drug-likeness (QED) is 0.833. The van der Waals surface area contributed by atoms with Gasteiger partial charge in [-0.3, -0.25) is 0 Å². The van der Waals surface area contributed by atoms with E-state index in [9.17, 15) is 5.11 Å². The molecule has 4 saturated carbocycles. The van der Waals surface area contributed by atoms with Gasteiger partial charge < -0.3 is 9.84 Å². The Morgan fingerprint density at radius 3 is 2.30 bits per heavy atom. The number of ether oxygens (including phenoxy) is 1. The largest absolute Gasteiger partial charge is 0.392 e. The molecule has 5 aliphatic rings. The summed E-state index contributed by atoms with van der Waals surface area (Å²) in [5.41, 5.74) is 1.23. The summed E-state index contributed by atoms with van der Waals surface area (Å²) in [6.45, 7) is 6.68. The van der Waals surface area contributed by atoms with Crippen LogP contribution in [0.4, 0.5) is 0 Å². The Balaban J connectivity index is 1.63. The highest BCUT2D eigenvalue weighted by atomic mass is 16.5. The van der Waals surface area contributed by atoms with Crippen molar-refractivity contribution < 1.29 is 9.84 Å². The maximum absolute atomic E-state index is 11.2. The first-order valence-corrected chi connectivity index (χ1v) is 8.68. The topological polar surface area (TPSA) is 29.5 Å². The molecule has 2 nitrogen and oxygen atoms in total. The number of hydrogen-bond donors (Lipinski definition) is 1. The molecule has 4 bridgehead atoms. The van der Waals surface area contributed by atoms with E-state index >= 15 is 0 Å². The van der Waals surface area contributed by atoms with Gasteiger partial charge in [0.25, 0.3) is 0 Å². The molecule has 5 rings (SSSR count). The van der Waals surface area contributed by atoms with Crippen molar-refractivity contribution in [2.45, 2.75) is 71.3 Å². The highest BCUT2D eigenvalue weighted by molar-refractivity contribution is 5.13. The van der Waals surface area contributed by atoms with Gasteiger partial charge >= 0.3 is 0 Å². The fraction of sp³-hybridized carbons (Fsp3) is 1.00. The zero-order chi connectivity index (χ0) is 14.0. The first-order chi connectivity index (χ1) is 9.42. The second-order valence-corrected chi connectivity index (χ2v) is 9.41. The van der Waals surface area contributed by atoms with Crippen LogP contribution in [0.3, 0.4) is 0 Å². The second-order valence-electron chi connectivity index (χ2n) is 9.41. The Hall–Kier alpha value is -0.0800. The van der Waals surface area contributed by atoms with Crippen molar-refractivity contribution in [1.82, 2.24) is 0 Å². The molecule has 1 saturated heterocycles. The van der Waals surface area contributed by atoms with E-state index in [0.29, 0.717) is 16.7 Å². The van der Waals surface area contributed by atoms with Gasteiger partial charge in [-0.15, -0.1) is 0 Å². The first kappa shape index (κ1) is 13.6. The average Bonchev–Trinajstić information content (AvgIpc) is 2.34. The summed E-state index contributed by atoms with van der Waals surface area (Å²) in [4.78, 5) is 0. The van der Waals surface area contributed by atoms with Gasteiger partial charge in [-0.25, -0.2) is 0 Å². The molecule has 5 fully saturated rings. The maximum Gasteiger partial charge on any atom is 0.0647 e. The van der Waals surface area contributed by atoms with Crippen LogP contribution in [0.5, 0.6) is 0 Å². The van der Waals surface area contributed by atoms with E-state index in [2.05, 4.69) is 13.8 Å². The lowest BCUT2D eigenvalue weighted by Crippen LogP contribution is -2.60. The van der Waals surface area contributed by atoms with Gasteiger partial charge in [0, 0.05) is 12.5 Å². The van der Waals surface area contributed by atoms with Gasteiger partial charge in [0.1, 0.15) is 0 Å². The third-order valence-corrected chi connectivity index (χ3v) is 6.94. The average molecular weight is 278 g/mol. The minimum atomic E-state index is -0.121. The van der Waals surface area contributed by atoms with Gasteiger partial charge in [-0.05, 0) is 73.5 Å². The molecule has 114 valence electrons. The van der Waals surface area contributed by atoms with E-state index in [1.807, 2.05) is 0 Å². The van der Waals surface area contributed by atoms with Crippen LogP contribution in [0.1, 0.15) is 65.2 Å². The van der Waals surface area contributed by atoms with Crippen molar-refractivity contribution in [2.75, 3.05) is 13.2 Å². The number of aliphatic hydroxyl groups excluding tert-OH is 1. The lowest BCUT2D eigenvalue weighted by Gasteiger charge is -2.67. The van der Waals surface area contributed by atoms with Crippen molar-refractivity contribution >= 4 is 0 Å². The summed E-state index contributed by atoms with van der Waals surface area (Å²) in [6.07, 6.45) is 10.2. The van der Waals surface area contributed by atoms with Crippen LogP contribution in [0.25, 0.3) is 0 Å². The third kappa shape index (κ3) is 1.98. The Morgan fingerprint density at radius 1 is 1.05 bits per heavy atom. The Bertz CT molecular complexity index is 380. The van der Waals surface area contributed by atoms with Crippen LogP contribution in [0.2, 0.25) is 0 Å². The Kier molecular flexibility index (Phi) is 2.87. The molecule has 4 aliphatic carbocycles. The Morgan fingerprint density at radius 2 is 1.75 bits per heavy atom. The standard InChI is InChI=1S/C18H30O2/c1-16-6-13-7-17(2,10-16)12-18(8-13,11-16)15(19)14-4-3-5-20-9-14/h13-15,19H,3-12H2,1-2H3. The molecular formula is C18H30O2. The van der Waals surface area contributed by atoms with E-state index < -0.39 is 0 Å². The van der Waals surface area contributed by atoms with Gasteiger partial charge in [0.15, 0.2) is 0 Å².